The van der Waals surface area contributed by atoms with E-state index in [1.165, 1.54) is 6.21 Å². The third kappa shape index (κ3) is 2.39. The van der Waals surface area contributed by atoms with Crippen LogP contribution >= 0.6 is 0 Å². The van der Waals surface area contributed by atoms with Crippen LogP contribution in [0.2, 0.25) is 0 Å². The first kappa shape index (κ1) is 7.21. The van der Waals surface area contributed by atoms with Crippen LogP contribution in [0, 0.1) is 5.41 Å². The van der Waals surface area contributed by atoms with E-state index in [2.05, 4.69) is 6.58 Å². The van der Waals surface area contributed by atoms with E-state index >= 15 is 0 Å². The molecule has 0 spiro atoms. The van der Waals surface area contributed by atoms with Crippen LogP contribution in [0.4, 0.5) is 0 Å². The number of rotatable bonds is 3. The molecule has 0 aliphatic carbocycles. The van der Waals surface area contributed by atoms with E-state index in [9.17, 15) is 0 Å². The van der Waals surface area contributed by atoms with Gasteiger partial charge in [0.1, 0.15) is 0 Å². The summed E-state index contributed by atoms with van der Waals surface area (Å²) in [5, 5.41) is 6.72. The summed E-state index contributed by atoms with van der Waals surface area (Å²) < 4.78 is 0. The number of hydrogen-bond acceptors (Lipinski definition) is 2. The highest BCUT2D eigenvalue weighted by atomic mass is 15.1. The van der Waals surface area contributed by atoms with Crippen LogP contribution in [-0.2, 0) is 0 Å². The largest absolute Gasteiger partial charge is 0.373 e. The van der Waals surface area contributed by atoms with Gasteiger partial charge in [-0.25, -0.2) is 0 Å². The minimum Gasteiger partial charge on any atom is -0.373 e. The number of nitrogens with zero attached hydrogens (tertiary/aromatic N) is 1. The first-order valence-electron chi connectivity index (χ1n) is 2.54. The van der Waals surface area contributed by atoms with Crippen molar-refractivity contribution >= 4 is 6.21 Å². The molecule has 0 aliphatic heterocycles. The summed E-state index contributed by atoms with van der Waals surface area (Å²) in [6.07, 6.45) is 1.36. The lowest BCUT2D eigenvalue weighted by atomic mass is 10.5. The van der Waals surface area contributed by atoms with Gasteiger partial charge in [-0.15, -0.1) is 0 Å². The Hall–Kier alpha value is -0.790. The van der Waals surface area contributed by atoms with Crippen molar-refractivity contribution in [3.63, 3.8) is 0 Å². The van der Waals surface area contributed by atoms with Crippen molar-refractivity contribution in [1.82, 2.24) is 4.90 Å². The third-order valence-corrected chi connectivity index (χ3v) is 1.02. The molecule has 0 amide bonds. The highest BCUT2D eigenvalue weighted by molar-refractivity contribution is 5.55. The monoisotopic (exact) mass is 112 g/mol. The van der Waals surface area contributed by atoms with Gasteiger partial charge in [0.05, 0.1) is 6.54 Å². The van der Waals surface area contributed by atoms with Gasteiger partial charge in [-0.05, 0) is 6.92 Å². The molecule has 0 aromatic rings. The fraction of sp³-hybridized carbons (Fsp3) is 0.500. The quantitative estimate of drug-likeness (QED) is 0.544. The lowest BCUT2D eigenvalue weighted by Gasteiger charge is -2.14. The Morgan fingerprint density at radius 1 is 1.88 bits per heavy atom. The topological polar surface area (TPSA) is 27.1 Å². The molecule has 46 valence electrons. The van der Waals surface area contributed by atoms with E-state index < -0.39 is 0 Å². The Labute approximate surface area is 50.3 Å². The molecule has 0 atom stereocenters. The molecule has 0 unspecified atom stereocenters. The fourth-order valence-corrected chi connectivity index (χ4v) is 0.293. The van der Waals surface area contributed by atoms with Gasteiger partial charge in [-0.3, -0.25) is 0 Å². The van der Waals surface area contributed by atoms with Crippen molar-refractivity contribution in [3.05, 3.63) is 12.3 Å². The van der Waals surface area contributed by atoms with Gasteiger partial charge in [0.2, 0.25) is 0 Å². The maximum atomic E-state index is 6.72. The molecule has 0 saturated heterocycles. The summed E-state index contributed by atoms with van der Waals surface area (Å²) in [5.74, 6) is 0. The van der Waals surface area contributed by atoms with Gasteiger partial charge in [0.25, 0.3) is 0 Å². The molecule has 0 heterocycles. The minimum atomic E-state index is 0.662. The van der Waals surface area contributed by atoms with E-state index in [-0.39, 0.29) is 0 Å². The molecule has 0 aromatic heterocycles. The second kappa shape index (κ2) is 3.24. The van der Waals surface area contributed by atoms with Crippen molar-refractivity contribution in [2.45, 2.75) is 6.92 Å². The Morgan fingerprint density at radius 3 is 2.50 bits per heavy atom. The van der Waals surface area contributed by atoms with Crippen LogP contribution in [-0.4, -0.2) is 24.7 Å². The van der Waals surface area contributed by atoms with Crippen LogP contribution in [0.1, 0.15) is 6.92 Å². The highest BCUT2D eigenvalue weighted by Crippen LogP contribution is 1.91. The molecular weight excluding hydrogens is 100 g/mol. The average molecular weight is 112 g/mol. The van der Waals surface area contributed by atoms with Crippen LogP contribution < -0.4 is 0 Å². The van der Waals surface area contributed by atoms with Crippen molar-refractivity contribution in [1.29, 1.82) is 5.41 Å². The van der Waals surface area contributed by atoms with Crippen LogP contribution in [0.5, 0.6) is 0 Å². The second-order valence-electron chi connectivity index (χ2n) is 1.82. The lowest BCUT2D eigenvalue weighted by Crippen LogP contribution is -2.16. The van der Waals surface area contributed by atoms with Crippen LogP contribution in [0.15, 0.2) is 12.3 Å². The van der Waals surface area contributed by atoms with E-state index in [0.29, 0.717) is 6.54 Å². The van der Waals surface area contributed by atoms with E-state index in [1.54, 1.807) is 0 Å². The van der Waals surface area contributed by atoms with Crippen LogP contribution in [0.3, 0.4) is 0 Å². The second-order valence-corrected chi connectivity index (χ2v) is 1.82. The normalized spacial score (nSPS) is 8.25. The van der Waals surface area contributed by atoms with Crippen molar-refractivity contribution in [3.8, 4) is 0 Å². The molecule has 0 aliphatic rings. The maximum Gasteiger partial charge on any atom is 0.0518 e. The van der Waals surface area contributed by atoms with Gasteiger partial charge < -0.3 is 10.3 Å². The Balaban J connectivity index is 3.46. The molecule has 0 saturated carbocycles. The molecule has 8 heavy (non-hydrogen) atoms. The molecule has 0 rings (SSSR count). The van der Waals surface area contributed by atoms with Crippen molar-refractivity contribution < 1.29 is 0 Å². The molecule has 0 bridgehead atoms. The number of hydrogen-bond donors (Lipinski definition) is 1. The zero-order valence-corrected chi connectivity index (χ0v) is 5.44. The first-order valence-corrected chi connectivity index (χ1v) is 2.54. The molecule has 0 aromatic carbocycles. The smallest absolute Gasteiger partial charge is 0.0518 e. The Kier molecular flexibility index (Phi) is 2.92. The summed E-state index contributed by atoms with van der Waals surface area (Å²) in [4.78, 5) is 1.91. The Bertz CT molecular complexity index is 96.7. The summed E-state index contributed by atoms with van der Waals surface area (Å²) in [6, 6.07) is 0. The molecule has 1 N–H and O–H groups in total. The van der Waals surface area contributed by atoms with Gasteiger partial charge >= 0.3 is 0 Å². The third-order valence-electron chi connectivity index (χ3n) is 1.02. The van der Waals surface area contributed by atoms with Gasteiger partial charge in [-0.1, -0.05) is 6.58 Å². The summed E-state index contributed by atoms with van der Waals surface area (Å²) in [6.45, 7) is 6.28. The van der Waals surface area contributed by atoms with Gasteiger partial charge in [0, 0.05) is 19.0 Å². The van der Waals surface area contributed by atoms with Gasteiger partial charge in [-0.2, -0.15) is 0 Å². The predicted octanol–water partition coefficient (Wildman–Crippen LogP) is 1.10. The fourth-order valence-electron chi connectivity index (χ4n) is 0.293. The summed E-state index contributed by atoms with van der Waals surface area (Å²) in [5.41, 5.74) is 0.994. The average Bonchev–Trinajstić information content (AvgIpc) is 1.67. The molecular formula is C6H12N2. The number of allylic oxidation sites excluding steroid dienone is 1. The van der Waals surface area contributed by atoms with E-state index in [4.69, 9.17) is 5.41 Å². The molecule has 0 fully saturated rings. The molecule has 2 heteroatoms. The lowest BCUT2D eigenvalue weighted by molar-refractivity contribution is 0.484. The SMILES string of the molecule is C=C(C)N(C)CC=N. The van der Waals surface area contributed by atoms with Gasteiger partial charge in [0.15, 0.2) is 0 Å². The zero-order valence-electron chi connectivity index (χ0n) is 5.44. The predicted molar refractivity (Wildman–Crippen MR) is 36.2 cm³/mol. The maximum absolute atomic E-state index is 6.72. The standard InChI is InChI=1S/C6H12N2/c1-6(2)8(3)5-4-7/h4,7H,1,5H2,2-3H3. The minimum absolute atomic E-state index is 0.662. The Morgan fingerprint density at radius 2 is 2.38 bits per heavy atom. The van der Waals surface area contributed by atoms with Crippen molar-refractivity contribution in [2.75, 3.05) is 13.6 Å². The molecule has 2 nitrogen and oxygen atoms in total. The zero-order chi connectivity index (χ0) is 6.57. The van der Waals surface area contributed by atoms with E-state index in [1.807, 2.05) is 18.9 Å². The van der Waals surface area contributed by atoms with Crippen LogP contribution in [0.25, 0.3) is 0 Å². The molecule has 0 radical (unpaired) electrons. The summed E-state index contributed by atoms with van der Waals surface area (Å²) in [7, 11) is 1.91. The number of nitrogens with one attached hydrogen (secondary N) is 1. The van der Waals surface area contributed by atoms with Crippen molar-refractivity contribution in [2.24, 2.45) is 0 Å². The van der Waals surface area contributed by atoms with E-state index in [0.717, 1.165) is 5.70 Å². The first-order chi connectivity index (χ1) is 3.68. The summed E-state index contributed by atoms with van der Waals surface area (Å²) >= 11 is 0. The highest BCUT2D eigenvalue weighted by Gasteiger charge is 1.89.